The first-order valence-electron chi connectivity index (χ1n) is 7.99. The van der Waals surface area contributed by atoms with Crippen LogP contribution in [0.3, 0.4) is 0 Å². The quantitative estimate of drug-likeness (QED) is 0.473. The van der Waals surface area contributed by atoms with Crippen LogP contribution in [0.15, 0.2) is 12.3 Å². The fourth-order valence-electron chi connectivity index (χ4n) is 2.98. The van der Waals surface area contributed by atoms with Crippen molar-refractivity contribution >= 4 is 11.5 Å². The molecule has 9 heteroatoms. The number of aromatic nitrogens is 4. The molecule has 0 bridgehead atoms. The Morgan fingerprint density at radius 3 is 2.92 bits per heavy atom. The molecule has 1 aliphatic heterocycles. The standard InChI is InChI=1S/C16H16N6O3/c1-10-12(7-11(9-18-10)22(24)25)15(23)13(8-17)16-20-19-14-5-3-2-4-6-21(14)16/h7,9,13H,2-6H2,1H3. The van der Waals surface area contributed by atoms with Gasteiger partial charge in [0.1, 0.15) is 12.0 Å². The molecule has 1 unspecified atom stereocenters. The number of fused-ring (bicyclic) bond motifs is 1. The number of nitro groups is 1. The van der Waals surface area contributed by atoms with Gasteiger partial charge in [-0.25, -0.2) is 0 Å². The van der Waals surface area contributed by atoms with Crippen LogP contribution in [0, 0.1) is 28.4 Å². The van der Waals surface area contributed by atoms with E-state index in [-0.39, 0.29) is 11.3 Å². The number of aryl methyl sites for hydroxylation is 2. The van der Waals surface area contributed by atoms with Crippen LogP contribution in [-0.2, 0) is 13.0 Å². The van der Waals surface area contributed by atoms with Crippen LogP contribution >= 0.6 is 0 Å². The maximum Gasteiger partial charge on any atom is 0.288 e. The van der Waals surface area contributed by atoms with E-state index in [1.807, 2.05) is 10.6 Å². The van der Waals surface area contributed by atoms with Crippen molar-refractivity contribution in [1.82, 2.24) is 19.7 Å². The van der Waals surface area contributed by atoms with Crippen LogP contribution in [0.1, 0.15) is 52.9 Å². The number of Topliss-reactive ketones (excluding diaryl/α,β-unsaturated/α-hetero) is 1. The summed E-state index contributed by atoms with van der Waals surface area (Å²) in [7, 11) is 0. The second kappa shape index (κ2) is 6.76. The summed E-state index contributed by atoms with van der Waals surface area (Å²) < 4.78 is 1.83. The Balaban J connectivity index is 2.01. The molecule has 25 heavy (non-hydrogen) atoms. The number of carbonyl (C=O) groups excluding carboxylic acids is 1. The molecule has 0 aliphatic carbocycles. The van der Waals surface area contributed by atoms with Gasteiger partial charge in [0.15, 0.2) is 17.5 Å². The SMILES string of the molecule is Cc1ncc([N+](=O)[O-])cc1C(=O)C(C#N)c1nnc2n1CCCCC2. The van der Waals surface area contributed by atoms with Gasteiger partial charge in [-0.05, 0) is 19.8 Å². The highest BCUT2D eigenvalue weighted by Crippen LogP contribution is 2.25. The Bertz CT molecular complexity index is 882. The molecule has 0 radical (unpaired) electrons. The number of nitrogens with zero attached hydrogens (tertiary/aromatic N) is 6. The monoisotopic (exact) mass is 340 g/mol. The molecule has 128 valence electrons. The van der Waals surface area contributed by atoms with Gasteiger partial charge in [0.05, 0.1) is 11.0 Å². The van der Waals surface area contributed by atoms with Crippen molar-refractivity contribution in [2.24, 2.45) is 0 Å². The highest BCUT2D eigenvalue weighted by Gasteiger charge is 2.31. The van der Waals surface area contributed by atoms with E-state index in [1.54, 1.807) is 6.92 Å². The van der Waals surface area contributed by atoms with Gasteiger partial charge in [-0.3, -0.25) is 19.9 Å². The van der Waals surface area contributed by atoms with E-state index in [0.29, 0.717) is 18.1 Å². The average molecular weight is 340 g/mol. The van der Waals surface area contributed by atoms with E-state index >= 15 is 0 Å². The fourth-order valence-corrected chi connectivity index (χ4v) is 2.98. The molecule has 0 N–H and O–H groups in total. The summed E-state index contributed by atoms with van der Waals surface area (Å²) in [5.74, 6) is -0.637. The van der Waals surface area contributed by atoms with Crippen molar-refractivity contribution in [3.8, 4) is 6.07 Å². The third-order valence-electron chi connectivity index (χ3n) is 4.34. The molecule has 0 saturated heterocycles. The molecule has 1 aliphatic rings. The van der Waals surface area contributed by atoms with Crippen molar-refractivity contribution < 1.29 is 9.72 Å². The minimum atomic E-state index is -1.16. The van der Waals surface area contributed by atoms with Crippen molar-refractivity contribution in [3.05, 3.63) is 45.3 Å². The summed E-state index contributed by atoms with van der Waals surface area (Å²) in [6.45, 7) is 2.24. The van der Waals surface area contributed by atoms with Crippen molar-refractivity contribution in [3.63, 3.8) is 0 Å². The summed E-state index contributed by atoms with van der Waals surface area (Å²) in [4.78, 5) is 27.1. The second-order valence-electron chi connectivity index (χ2n) is 5.95. The largest absolute Gasteiger partial charge is 0.313 e. The number of ketones is 1. The van der Waals surface area contributed by atoms with E-state index in [4.69, 9.17) is 0 Å². The minimum absolute atomic E-state index is 0.0618. The van der Waals surface area contributed by atoms with E-state index in [0.717, 1.165) is 43.8 Å². The van der Waals surface area contributed by atoms with Crippen molar-refractivity contribution in [2.45, 2.75) is 45.1 Å². The number of rotatable bonds is 4. The zero-order valence-corrected chi connectivity index (χ0v) is 13.7. The molecular weight excluding hydrogens is 324 g/mol. The van der Waals surface area contributed by atoms with E-state index in [9.17, 15) is 20.2 Å². The first-order chi connectivity index (χ1) is 12.0. The summed E-state index contributed by atoms with van der Waals surface area (Å²) in [5.41, 5.74) is 0.115. The molecule has 0 spiro atoms. The van der Waals surface area contributed by atoms with Crippen LogP contribution in [0.25, 0.3) is 0 Å². The van der Waals surface area contributed by atoms with E-state index in [2.05, 4.69) is 15.2 Å². The van der Waals surface area contributed by atoms with Gasteiger partial charge in [0, 0.05) is 30.3 Å². The summed E-state index contributed by atoms with van der Waals surface area (Å²) in [5, 5.41) is 28.7. The van der Waals surface area contributed by atoms with Crippen molar-refractivity contribution in [1.29, 1.82) is 5.26 Å². The second-order valence-corrected chi connectivity index (χ2v) is 5.95. The van der Waals surface area contributed by atoms with Gasteiger partial charge in [-0.1, -0.05) is 6.42 Å². The highest BCUT2D eigenvalue weighted by atomic mass is 16.6. The molecule has 3 heterocycles. The maximum absolute atomic E-state index is 12.9. The van der Waals surface area contributed by atoms with Gasteiger partial charge in [-0.2, -0.15) is 5.26 Å². The van der Waals surface area contributed by atoms with Gasteiger partial charge in [0.25, 0.3) is 5.69 Å². The first-order valence-corrected chi connectivity index (χ1v) is 7.99. The molecular formula is C16H16N6O3. The fraction of sp³-hybridized carbons (Fsp3) is 0.438. The summed E-state index contributed by atoms with van der Waals surface area (Å²) >= 11 is 0. The molecule has 0 fully saturated rings. The van der Waals surface area contributed by atoms with Gasteiger partial charge in [0.2, 0.25) is 0 Å². The van der Waals surface area contributed by atoms with Crippen LogP contribution in [0.4, 0.5) is 5.69 Å². The Kier molecular flexibility index (Phi) is 4.52. The molecule has 0 saturated carbocycles. The predicted octanol–water partition coefficient (Wildman–Crippen LogP) is 2.11. The van der Waals surface area contributed by atoms with E-state index < -0.39 is 16.6 Å². The number of nitriles is 1. The molecule has 0 aromatic carbocycles. The topological polar surface area (TPSA) is 128 Å². The first kappa shape index (κ1) is 16.7. The molecule has 2 aromatic heterocycles. The van der Waals surface area contributed by atoms with Crippen LogP contribution < -0.4 is 0 Å². The molecule has 0 amide bonds. The summed E-state index contributed by atoms with van der Waals surface area (Å²) in [6, 6.07) is 3.14. The molecule has 1 atom stereocenters. The Labute approximate surface area is 143 Å². The minimum Gasteiger partial charge on any atom is -0.313 e. The average Bonchev–Trinajstić information content (AvgIpc) is 2.84. The Morgan fingerprint density at radius 1 is 1.40 bits per heavy atom. The smallest absolute Gasteiger partial charge is 0.288 e. The third kappa shape index (κ3) is 3.10. The molecule has 2 aromatic rings. The number of hydrogen-bond donors (Lipinski definition) is 0. The van der Waals surface area contributed by atoms with Crippen LogP contribution in [0.5, 0.6) is 0 Å². The van der Waals surface area contributed by atoms with Crippen LogP contribution in [0.2, 0.25) is 0 Å². The third-order valence-corrected chi connectivity index (χ3v) is 4.34. The summed E-state index contributed by atoms with van der Waals surface area (Å²) in [6.07, 6.45) is 4.84. The number of carbonyl (C=O) groups is 1. The van der Waals surface area contributed by atoms with Gasteiger partial charge < -0.3 is 4.57 Å². The van der Waals surface area contributed by atoms with Gasteiger partial charge >= 0.3 is 0 Å². The predicted molar refractivity (Wildman–Crippen MR) is 85.9 cm³/mol. The lowest BCUT2D eigenvalue weighted by molar-refractivity contribution is -0.385. The lowest BCUT2D eigenvalue weighted by atomic mass is 9.96. The van der Waals surface area contributed by atoms with Crippen LogP contribution in [-0.4, -0.2) is 30.5 Å². The Hall–Kier alpha value is -3.15. The van der Waals surface area contributed by atoms with Gasteiger partial charge in [-0.15, -0.1) is 10.2 Å². The molecule has 3 rings (SSSR count). The highest BCUT2D eigenvalue weighted by molar-refractivity contribution is 6.03. The maximum atomic E-state index is 12.9. The molecule has 9 nitrogen and oxygen atoms in total. The van der Waals surface area contributed by atoms with E-state index in [1.165, 1.54) is 0 Å². The lowest BCUT2D eigenvalue weighted by Gasteiger charge is -2.12. The number of hydrogen-bond acceptors (Lipinski definition) is 7. The van der Waals surface area contributed by atoms with Crippen molar-refractivity contribution in [2.75, 3.05) is 0 Å². The lowest BCUT2D eigenvalue weighted by Crippen LogP contribution is -2.19. The zero-order valence-electron chi connectivity index (χ0n) is 13.7. The normalized spacial score (nSPS) is 14.9. The zero-order chi connectivity index (χ0) is 18.0. The number of pyridine rings is 1. The Morgan fingerprint density at radius 2 is 2.20 bits per heavy atom.